The largest absolute Gasteiger partial charge is 0.508 e. The molecule has 1 aliphatic rings. The summed E-state index contributed by atoms with van der Waals surface area (Å²) in [6.07, 6.45) is 1.43. The zero-order valence-electron chi connectivity index (χ0n) is 20.0. The number of hydrogen-bond acceptors (Lipinski definition) is 3. The Kier molecular flexibility index (Phi) is 1.62. The van der Waals surface area contributed by atoms with Gasteiger partial charge in [0.1, 0.15) is 5.75 Å². The maximum absolute atomic E-state index is 8.54. The van der Waals surface area contributed by atoms with Crippen LogP contribution in [0.15, 0.2) is 24.3 Å². The Labute approximate surface area is 123 Å². The average molecular weight is 259 g/mol. The van der Waals surface area contributed by atoms with Gasteiger partial charge in [-0.2, -0.15) is 0 Å². The Morgan fingerprint density at radius 1 is 1.56 bits per heavy atom. The van der Waals surface area contributed by atoms with Crippen LogP contribution in [0.5, 0.6) is 5.75 Å². The van der Waals surface area contributed by atoms with Crippen LogP contribution >= 0.6 is 0 Å². The van der Waals surface area contributed by atoms with E-state index in [2.05, 4.69) is 5.11 Å². The van der Waals surface area contributed by atoms with Crippen LogP contribution in [0, 0.1) is 5.92 Å². The molecule has 1 saturated carbocycles. The standard InChI is InChI=1S/C15H23NO2/c1-16(2)11-13-6-3-4-9-15(13,18)12-7-5-8-14(17)10-12/h5,7-8,10,13,17-18H,3-4,6,9,11H2,1-2H3/t13-,15+/m0/s1/i1D3,2D3,11D2,18D/hD. The Hall–Kier alpha value is -1.06. The lowest BCUT2D eigenvalue weighted by atomic mass is 9.71. The number of rotatable bonds is 5. The molecule has 18 heavy (non-hydrogen) atoms. The molecule has 3 nitrogen and oxygen atoms in total. The maximum atomic E-state index is 8.54. The Morgan fingerprint density at radius 2 is 2.50 bits per heavy atom. The van der Waals surface area contributed by atoms with Crippen molar-refractivity contribution in [2.45, 2.75) is 31.3 Å². The van der Waals surface area contributed by atoms with Crippen molar-refractivity contribution >= 4 is 0 Å². The molecule has 3 heteroatoms. The molecule has 1 aromatic rings. The third-order valence-electron chi connectivity index (χ3n) is 3.46. The average Bonchev–Trinajstić information content (AvgIpc) is 2.58. The summed E-state index contributed by atoms with van der Waals surface area (Å²) in [7, 11) is 0. The molecular formula is C15H23NO2. The van der Waals surface area contributed by atoms with E-state index >= 15 is 0 Å². The van der Waals surface area contributed by atoms with Crippen molar-refractivity contribution in [3.63, 3.8) is 0 Å². The monoisotopic (exact) mass is 259 g/mol. The molecule has 0 aromatic heterocycles. The van der Waals surface area contributed by atoms with Crippen LogP contribution in [-0.2, 0) is 5.60 Å². The molecule has 100 valence electrons. The highest BCUT2D eigenvalue weighted by Crippen LogP contribution is 2.42. The minimum atomic E-state index is -3.23. The van der Waals surface area contributed by atoms with Crippen LogP contribution in [0.4, 0.5) is 0 Å². The van der Waals surface area contributed by atoms with Crippen LogP contribution in [0.3, 0.4) is 0 Å². The summed E-state index contributed by atoms with van der Waals surface area (Å²) < 4.78 is 77.5. The lowest BCUT2D eigenvalue weighted by molar-refractivity contribution is -0.0619. The van der Waals surface area contributed by atoms with E-state index in [9.17, 15) is 0 Å². The molecule has 0 bridgehead atoms. The zero-order valence-corrected chi connectivity index (χ0v) is 9.98. The highest BCUT2D eigenvalue weighted by atomic mass is 16.3. The van der Waals surface area contributed by atoms with E-state index in [1.807, 2.05) is 0 Å². The Balaban J connectivity index is 2.64. The van der Waals surface area contributed by atoms with Gasteiger partial charge in [0.2, 0.25) is 1.43 Å². The summed E-state index contributed by atoms with van der Waals surface area (Å²) in [6.45, 7) is -9.30. The van der Waals surface area contributed by atoms with Crippen molar-refractivity contribution in [1.82, 2.24) is 4.90 Å². The smallest absolute Gasteiger partial charge is 0.293 e. The first kappa shape index (κ1) is 5.51. The number of aromatic hydroxyl groups is 1. The molecule has 0 radical (unpaired) electrons. The number of aliphatic hydroxyl groups is 1. The first-order valence-electron chi connectivity index (χ1n) is 10.8. The predicted octanol–water partition coefficient (Wildman–Crippen LogP) is 2.33. The van der Waals surface area contributed by atoms with E-state index in [0.29, 0.717) is 18.4 Å². The second-order valence-corrected chi connectivity index (χ2v) is 4.68. The van der Waals surface area contributed by atoms with Crippen molar-refractivity contribution in [3.8, 4) is 5.75 Å². The van der Waals surface area contributed by atoms with E-state index in [0.717, 1.165) is 0 Å². The lowest BCUT2D eigenvalue weighted by Gasteiger charge is -2.41. The lowest BCUT2D eigenvalue weighted by Crippen LogP contribution is -2.43. The summed E-state index contributed by atoms with van der Waals surface area (Å²) in [5.41, 5.74) is -1.26. The molecule has 2 atom stereocenters. The molecule has 2 N–H and O–H groups in total. The normalized spacial score (nSPS) is 38.6. The Morgan fingerprint density at radius 3 is 3.28 bits per heavy atom. The Bertz CT molecular complexity index is 664. The van der Waals surface area contributed by atoms with Gasteiger partial charge in [-0.05, 0) is 44.5 Å². The fraction of sp³-hybridized carbons (Fsp3) is 0.600. The molecule has 0 heterocycles. The van der Waals surface area contributed by atoms with Crippen molar-refractivity contribution in [3.05, 3.63) is 29.8 Å². The van der Waals surface area contributed by atoms with Gasteiger partial charge >= 0.3 is 0 Å². The van der Waals surface area contributed by atoms with Crippen molar-refractivity contribution in [2.75, 3.05) is 20.4 Å². The first-order valence-corrected chi connectivity index (χ1v) is 5.99. The summed E-state index contributed by atoms with van der Waals surface area (Å²) in [6, 6.07) is 6.04. The van der Waals surface area contributed by atoms with E-state index in [4.69, 9.17) is 18.9 Å². The third kappa shape index (κ3) is 2.68. The molecule has 0 unspecified atom stereocenters. The minimum Gasteiger partial charge on any atom is -0.508 e. The third-order valence-corrected chi connectivity index (χ3v) is 3.46. The molecule has 1 fully saturated rings. The first-order chi connectivity index (χ1) is 12.8. The van der Waals surface area contributed by atoms with Gasteiger partial charge in [0, 0.05) is 23.4 Å². The summed E-state index contributed by atoms with van der Waals surface area (Å²) >= 11 is 0. The quantitative estimate of drug-likeness (QED) is 0.853. The topological polar surface area (TPSA) is 43.7 Å². The van der Waals surface area contributed by atoms with Gasteiger partial charge in [0.15, 0.2) is 0 Å². The van der Waals surface area contributed by atoms with Gasteiger partial charge in [0.05, 0.1) is 5.60 Å². The fourth-order valence-corrected chi connectivity index (χ4v) is 2.57. The van der Waals surface area contributed by atoms with Crippen LogP contribution in [0.2, 0.25) is 0 Å². The SMILES string of the molecule is [2H]Oc1cccc([C@]2(O[2H])CCCC[C@H]2C([2H])([2H])N(C([2H])([2H])[2H])C([2H])([2H])[2H])c1. The second kappa shape index (κ2) is 5.29. The van der Waals surface area contributed by atoms with E-state index in [-0.39, 0.29) is 23.5 Å². The van der Waals surface area contributed by atoms with Gasteiger partial charge in [-0.15, -0.1) is 0 Å². The fourth-order valence-electron chi connectivity index (χ4n) is 2.57. The van der Waals surface area contributed by atoms with Gasteiger partial charge in [0.25, 0.3) is 1.43 Å². The number of phenols is 1. The molecule has 1 aliphatic carbocycles. The molecule has 0 saturated heterocycles. The molecule has 0 amide bonds. The number of benzene rings is 1. The van der Waals surface area contributed by atoms with Crippen LogP contribution in [0.25, 0.3) is 0 Å². The molecule has 0 spiro atoms. The van der Waals surface area contributed by atoms with Gasteiger partial charge in [-0.1, -0.05) is 25.0 Å². The highest BCUT2D eigenvalue weighted by Gasteiger charge is 2.40. The molecular weight excluding hydrogens is 226 g/mol. The van der Waals surface area contributed by atoms with Crippen LogP contribution < -0.4 is 0 Å². The summed E-state index contributed by atoms with van der Waals surface area (Å²) in [5.74, 6) is -1.12. The van der Waals surface area contributed by atoms with Crippen LogP contribution in [-0.4, -0.2) is 38.4 Å². The number of hydrogen-bond donors (Lipinski definition) is 2. The highest BCUT2D eigenvalue weighted by molar-refractivity contribution is 5.32. The van der Waals surface area contributed by atoms with Crippen molar-refractivity contribution < 1.29 is 21.2 Å². The van der Waals surface area contributed by atoms with E-state index in [1.54, 1.807) is 12.1 Å². The van der Waals surface area contributed by atoms with Crippen LogP contribution in [0.1, 0.15) is 42.2 Å². The predicted molar refractivity (Wildman–Crippen MR) is 72.5 cm³/mol. The van der Waals surface area contributed by atoms with Crippen molar-refractivity contribution in [2.24, 2.45) is 5.92 Å². The van der Waals surface area contributed by atoms with Gasteiger partial charge < -0.3 is 15.1 Å². The summed E-state index contributed by atoms with van der Waals surface area (Å²) in [5, 5.41) is 9.50. The van der Waals surface area contributed by atoms with Crippen molar-refractivity contribution in [1.29, 1.82) is 2.86 Å². The zero-order chi connectivity index (χ0) is 21.4. The van der Waals surface area contributed by atoms with E-state index in [1.165, 1.54) is 12.1 Å². The van der Waals surface area contributed by atoms with Gasteiger partial charge in [-0.3, -0.25) is 0 Å². The molecule has 0 aliphatic heterocycles. The molecule has 2 rings (SSSR count). The summed E-state index contributed by atoms with van der Waals surface area (Å²) in [4.78, 5) is -0.0818. The molecule has 1 aromatic carbocycles. The number of nitrogens with zero attached hydrogens (tertiary/aromatic N) is 1. The maximum Gasteiger partial charge on any atom is 0.293 e. The van der Waals surface area contributed by atoms with Gasteiger partial charge in [-0.25, -0.2) is 0 Å². The minimum absolute atomic E-state index is 0.0818. The van der Waals surface area contributed by atoms with E-state index < -0.39 is 32.0 Å². The number of phenolic OH excluding ortho intramolecular Hbond substituents is 1. The second-order valence-electron chi connectivity index (χ2n) is 4.68.